The van der Waals surface area contributed by atoms with Crippen LogP contribution in [0.1, 0.15) is 17.5 Å². The number of rotatable bonds is 10. The van der Waals surface area contributed by atoms with E-state index in [1.54, 1.807) is 19.1 Å². The number of ether oxygens (including phenoxy) is 3. The van der Waals surface area contributed by atoms with Gasteiger partial charge in [0, 0.05) is 35.8 Å². The second-order valence-corrected chi connectivity index (χ2v) is 8.92. The largest absolute Gasteiger partial charge is 0.493 e. The molecule has 1 heterocycles. The maximum Gasteiger partial charge on any atom is 0.227 e. The summed E-state index contributed by atoms with van der Waals surface area (Å²) in [6, 6.07) is 20.5. The van der Waals surface area contributed by atoms with E-state index in [4.69, 9.17) is 25.8 Å². The Bertz CT molecular complexity index is 1210. The summed E-state index contributed by atoms with van der Waals surface area (Å²) in [4.78, 5) is 27.0. The van der Waals surface area contributed by atoms with Gasteiger partial charge in [-0.15, -0.1) is 0 Å². The van der Waals surface area contributed by atoms with Crippen molar-refractivity contribution in [2.24, 2.45) is 5.92 Å². The highest BCUT2D eigenvalue weighted by atomic mass is 35.5. The smallest absolute Gasteiger partial charge is 0.227 e. The van der Waals surface area contributed by atoms with Gasteiger partial charge in [-0.05, 0) is 54.4 Å². The van der Waals surface area contributed by atoms with Crippen molar-refractivity contribution in [2.45, 2.75) is 19.4 Å². The van der Waals surface area contributed by atoms with E-state index in [-0.39, 0.29) is 24.2 Å². The van der Waals surface area contributed by atoms with Crippen LogP contribution >= 0.6 is 11.6 Å². The zero-order valence-corrected chi connectivity index (χ0v) is 21.1. The SMILES string of the molecule is COc1ccc(CCNC(=O)[C@H]2CC(=O)N(c3ccc(OCc4ccccc4Cl)cc3)C2)cc1OC. The number of nitrogens with zero attached hydrogens (tertiary/aromatic N) is 1. The molecule has 1 aliphatic rings. The number of benzene rings is 3. The number of methoxy groups -OCH3 is 2. The van der Waals surface area contributed by atoms with Crippen LogP contribution in [0.3, 0.4) is 0 Å². The van der Waals surface area contributed by atoms with Crippen LogP contribution in [-0.4, -0.2) is 39.1 Å². The summed E-state index contributed by atoms with van der Waals surface area (Å²) in [6.45, 7) is 1.17. The lowest BCUT2D eigenvalue weighted by Gasteiger charge is -2.17. The molecule has 2 amide bonds. The second-order valence-electron chi connectivity index (χ2n) is 8.51. The lowest BCUT2D eigenvalue weighted by atomic mass is 10.1. The third-order valence-electron chi connectivity index (χ3n) is 6.16. The van der Waals surface area contributed by atoms with Crippen molar-refractivity contribution in [1.29, 1.82) is 0 Å². The van der Waals surface area contributed by atoms with Crippen molar-refractivity contribution in [3.63, 3.8) is 0 Å². The molecule has 8 heteroatoms. The minimum Gasteiger partial charge on any atom is -0.493 e. The number of hydrogen-bond acceptors (Lipinski definition) is 5. The third-order valence-corrected chi connectivity index (χ3v) is 6.53. The molecule has 4 rings (SSSR count). The molecule has 36 heavy (non-hydrogen) atoms. The molecule has 0 spiro atoms. The molecule has 1 N–H and O–H groups in total. The molecule has 0 saturated carbocycles. The van der Waals surface area contributed by atoms with Gasteiger partial charge in [0.1, 0.15) is 12.4 Å². The Kier molecular flexibility index (Phi) is 8.33. The highest BCUT2D eigenvalue weighted by molar-refractivity contribution is 6.31. The van der Waals surface area contributed by atoms with Gasteiger partial charge >= 0.3 is 0 Å². The van der Waals surface area contributed by atoms with Crippen LogP contribution in [0.4, 0.5) is 5.69 Å². The number of nitrogens with one attached hydrogen (secondary N) is 1. The van der Waals surface area contributed by atoms with E-state index in [0.717, 1.165) is 16.8 Å². The molecule has 0 aromatic heterocycles. The summed E-state index contributed by atoms with van der Waals surface area (Å²) in [5.74, 6) is 1.41. The van der Waals surface area contributed by atoms with Gasteiger partial charge in [0.05, 0.1) is 20.1 Å². The van der Waals surface area contributed by atoms with Crippen LogP contribution in [0.25, 0.3) is 0 Å². The standard InChI is InChI=1S/C28H29ClN2O5/c1-34-25-12-7-19(15-26(25)35-2)13-14-30-28(33)21-16-27(32)31(17-21)22-8-10-23(11-9-22)36-18-20-5-3-4-6-24(20)29/h3-12,15,21H,13-14,16-18H2,1-2H3,(H,30,33)/t21-/m0/s1. The molecule has 1 aliphatic heterocycles. The zero-order valence-electron chi connectivity index (χ0n) is 20.3. The average Bonchev–Trinajstić information content (AvgIpc) is 3.30. The van der Waals surface area contributed by atoms with E-state index in [1.165, 1.54) is 0 Å². The van der Waals surface area contributed by atoms with Gasteiger partial charge in [0.25, 0.3) is 0 Å². The minimum absolute atomic E-state index is 0.0697. The predicted molar refractivity (Wildman–Crippen MR) is 139 cm³/mol. The molecule has 1 atom stereocenters. The third kappa shape index (κ3) is 6.10. The van der Waals surface area contributed by atoms with Gasteiger partial charge in [-0.25, -0.2) is 0 Å². The summed E-state index contributed by atoms with van der Waals surface area (Å²) in [7, 11) is 3.18. The van der Waals surface area contributed by atoms with Crippen LogP contribution in [0.15, 0.2) is 66.7 Å². The quantitative estimate of drug-likeness (QED) is 0.431. The summed E-state index contributed by atoms with van der Waals surface area (Å²) in [6.07, 6.45) is 0.832. The van der Waals surface area contributed by atoms with Gasteiger partial charge in [-0.3, -0.25) is 9.59 Å². The predicted octanol–water partition coefficient (Wildman–Crippen LogP) is 4.65. The van der Waals surface area contributed by atoms with Gasteiger partial charge < -0.3 is 24.4 Å². The first-order valence-electron chi connectivity index (χ1n) is 11.7. The molecule has 0 unspecified atom stereocenters. The molecule has 1 saturated heterocycles. The maximum absolute atomic E-state index is 12.7. The van der Waals surface area contributed by atoms with E-state index in [1.807, 2.05) is 66.7 Å². The number of anilines is 1. The average molecular weight is 509 g/mol. The van der Waals surface area contributed by atoms with Crippen molar-refractivity contribution in [2.75, 3.05) is 32.2 Å². The summed E-state index contributed by atoms with van der Waals surface area (Å²) in [5, 5.41) is 3.61. The van der Waals surface area contributed by atoms with E-state index >= 15 is 0 Å². The Morgan fingerprint density at radius 3 is 2.50 bits per heavy atom. The second kappa shape index (κ2) is 11.8. The highest BCUT2D eigenvalue weighted by Gasteiger charge is 2.35. The van der Waals surface area contributed by atoms with Gasteiger partial charge in [-0.2, -0.15) is 0 Å². The van der Waals surface area contributed by atoms with E-state index in [2.05, 4.69) is 5.32 Å². The molecule has 7 nitrogen and oxygen atoms in total. The topological polar surface area (TPSA) is 77.1 Å². The lowest BCUT2D eigenvalue weighted by molar-refractivity contribution is -0.126. The van der Waals surface area contributed by atoms with Crippen LogP contribution < -0.4 is 24.4 Å². The van der Waals surface area contributed by atoms with Gasteiger partial charge in [-0.1, -0.05) is 35.9 Å². The number of carbonyl (C=O) groups is 2. The number of hydrogen-bond donors (Lipinski definition) is 1. The fourth-order valence-corrected chi connectivity index (χ4v) is 4.33. The normalized spacial score (nSPS) is 15.0. The van der Waals surface area contributed by atoms with Crippen LogP contribution in [0.5, 0.6) is 17.2 Å². The van der Waals surface area contributed by atoms with Crippen LogP contribution in [0, 0.1) is 5.92 Å². The number of amides is 2. The molecular formula is C28H29ClN2O5. The van der Waals surface area contributed by atoms with Gasteiger partial charge in [0.15, 0.2) is 11.5 Å². The molecule has 3 aromatic carbocycles. The minimum atomic E-state index is -0.390. The van der Waals surface area contributed by atoms with E-state index < -0.39 is 0 Å². The van der Waals surface area contributed by atoms with Crippen molar-refractivity contribution in [3.05, 3.63) is 82.9 Å². The molecule has 3 aromatic rings. The zero-order chi connectivity index (χ0) is 25.5. The first-order valence-corrected chi connectivity index (χ1v) is 12.1. The maximum atomic E-state index is 12.7. The fourth-order valence-electron chi connectivity index (χ4n) is 4.14. The van der Waals surface area contributed by atoms with E-state index in [9.17, 15) is 9.59 Å². The molecule has 0 bridgehead atoms. The van der Waals surface area contributed by atoms with Crippen molar-refractivity contribution >= 4 is 29.1 Å². The summed E-state index contributed by atoms with van der Waals surface area (Å²) < 4.78 is 16.4. The Balaban J connectivity index is 1.27. The summed E-state index contributed by atoms with van der Waals surface area (Å²) in [5.41, 5.74) is 2.66. The van der Waals surface area contributed by atoms with Crippen molar-refractivity contribution < 1.29 is 23.8 Å². The molecule has 0 aliphatic carbocycles. The molecule has 0 radical (unpaired) electrons. The highest BCUT2D eigenvalue weighted by Crippen LogP contribution is 2.29. The Morgan fingerprint density at radius 2 is 1.78 bits per heavy atom. The lowest BCUT2D eigenvalue weighted by Crippen LogP contribution is -2.34. The first kappa shape index (κ1) is 25.4. The Morgan fingerprint density at radius 1 is 1.03 bits per heavy atom. The Labute approximate surface area is 215 Å². The molecule has 188 valence electrons. The monoisotopic (exact) mass is 508 g/mol. The Hall–Kier alpha value is -3.71. The number of carbonyl (C=O) groups excluding carboxylic acids is 2. The number of halogens is 1. The fraction of sp³-hybridized carbons (Fsp3) is 0.286. The first-order chi connectivity index (χ1) is 17.5. The van der Waals surface area contributed by atoms with Crippen molar-refractivity contribution in [3.8, 4) is 17.2 Å². The molecular weight excluding hydrogens is 480 g/mol. The van der Waals surface area contributed by atoms with Crippen LogP contribution in [0.2, 0.25) is 5.02 Å². The van der Waals surface area contributed by atoms with E-state index in [0.29, 0.717) is 48.4 Å². The van der Waals surface area contributed by atoms with Crippen LogP contribution in [-0.2, 0) is 22.6 Å². The molecule has 1 fully saturated rings. The van der Waals surface area contributed by atoms with Gasteiger partial charge in [0.2, 0.25) is 11.8 Å². The summed E-state index contributed by atoms with van der Waals surface area (Å²) >= 11 is 6.18. The van der Waals surface area contributed by atoms with Crippen molar-refractivity contribution in [1.82, 2.24) is 5.32 Å².